The molecular formula is C27H29NO5. The third kappa shape index (κ3) is 7.19. The summed E-state index contributed by atoms with van der Waals surface area (Å²) in [6, 6.07) is 25.6. The first-order valence-electron chi connectivity index (χ1n) is 11.0. The molecule has 6 nitrogen and oxygen atoms in total. The average molecular weight is 448 g/mol. The van der Waals surface area contributed by atoms with Gasteiger partial charge in [0.05, 0.1) is 0 Å². The van der Waals surface area contributed by atoms with E-state index < -0.39 is 12.1 Å². The van der Waals surface area contributed by atoms with Crippen molar-refractivity contribution in [3.05, 3.63) is 90.0 Å². The number of benzene rings is 3. The van der Waals surface area contributed by atoms with Crippen LogP contribution in [0.25, 0.3) is 11.1 Å². The molecule has 33 heavy (non-hydrogen) atoms. The van der Waals surface area contributed by atoms with Crippen molar-refractivity contribution in [1.82, 2.24) is 0 Å². The highest BCUT2D eigenvalue weighted by Gasteiger charge is 2.18. The topological polar surface area (TPSA) is 77.3 Å². The maximum absolute atomic E-state index is 11.3. The van der Waals surface area contributed by atoms with Gasteiger partial charge in [0.1, 0.15) is 24.7 Å². The van der Waals surface area contributed by atoms with Crippen LogP contribution < -0.4 is 4.74 Å². The van der Waals surface area contributed by atoms with E-state index in [0.29, 0.717) is 31.1 Å². The summed E-state index contributed by atoms with van der Waals surface area (Å²) in [5, 5.41) is 13.5. The summed E-state index contributed by atoms with van der Waals surface area (Å²) in [6.07, 6.45) is -0.556. The van der Waals surface area contributed by atoms with Gasteiger partial charge < -0.3 is 19.4 Å². The van der Waals surface area contributed by atoms with E-state index in [1.54, 1.807) is 6.92 Å². The van der Waals surface area contributed by atoms with Crippen LogP contribution in [0.4, 0.5) is 0 Å². The van der Waals surface area contributed by atoms with Crippen LogP contribution in [0.15, 0.2) is 84.0 Å². The van der Waals surface area contributed by atoms with Gasteiger partial charge in [-0.1, -0.05) is 71.9 Å². The lowest BCUT2D eigenvalue weighted by molar-refractivity contribution is -0.149. The summed E-state index contributed by atoms with van der Waals surface area (Å²) < 4.78 is 11.2. The standard InChI is InChI=1S/C27H29NO5/c1-3-31-26(27(29)30)18-20-10-16-24(17-11-20)32-19-25(28-33-4-2)23-14-12-22(13-15-23)21-8-6-5-7-9-21/h5-17,26H,3-4,18-19H2,1-2H3,(H,29,30)/b28-25+. The number of carboxylic acids is 1. The van der Waals surface area contributed by atoms with Gasteiger partial charge in [-0.15, -0.1) is 0 Å². The minimum Gasteiger partial charge on any atom is -0.487 e. The lowest BCUT2D eigenvalue weighted by Gasteiger charge is -2.13. The molecule has 0 amide bonds. The van der Waals surface area contributed by atoms with E-state index in [2.05, 4.69) is 29.4 Å². The zero-order chi connectivity index (χ0) is 23.5. The van der Waals surface area contributed by atoms with E-state index in [9.17, 15) is 9.90 Å². The molecule has 0 heterocycles. The Bertz CT molecular complexity index is 1030. The summed E-state index contributed by atoms with van der Waals surface area (Å²) in [5.74, 6) is -0.306. The number of hydrogen-bond acceptors (Lipinski definition) is 5. The first kappa shape index (κ1) is 24.0. The number of oxime groups is 1. The molecule has 0 aliphatic rings. The molecule has 0 spiro atoms. The highest BCUT2D eigenvalue weighted by molar-refractivity contribution is 6.01. The molecule has 3 aromatic carbocycles. The van der Waals surface area contributed by atoms with Crippen LogP contribution in [0, 0.1) is 0 Å². The Kier molecular flexibility index (Phi) is 9.03. The van der Waals surface area contributed by atoms with Crippen LogP contribution in [-0.2, 0) is 20.8 Å². The van der Waals surface area contributed by atoms with Crippen LogP contribution in [0.3, 0.4) is 0 Å². The largest absolute Gasteiger partial charge is 0.487 e. The Morgan fingerprint density at radius 3 is 2.15 bits per heavy atom. The highest BCUT2D eigenvalue weighted by Crippen LogP contribution is 2.20. The van der Waals surface area contributed by atoms with Gasteiger partial charge in [0.25, 0.3) is 0 Å². The molecule has 0 fully saturated rings. The van der Waals surface area contributed by atoms with E-state index in [1.165, 1.54) is 0 Å². The van der Waals surface area contributed by atoms with Crippen LogP contribution >= 0.6 is 0 Å². The molecule has 6 heteroatoms. The van der Waals surface area contributed by atoms with Gasteiger partial charge in [0, 0.05) is 18.6 Å². The van der Waals surface area contributed by atoms with Gasteiger partial charge in [-0.05, 0) is 42.7 Å². The van der Waals surface area contributed by atoms with E-state index in [1.807, 2.05) is 61.5 Å². The summed E-state index contributed by atoms with van der Waals surface area (Å²) in [5.41, 5.74) is 4.74. The molecule has 0 aromatic heterocycles. The third-order valence-electron chi connectivity index (χ3n) is 4.99. The van der Waals surface area contributed by atoms with E-state index >= 15 is 0 Å². The number of rotatable bonds is 12. The van der Waals surface area contributed by atoms with Crippen molar-refractivity contribution in [3.63, 3.8) is 0 Å². The zero-order valence-electron chi connectivity index (χ0n) is 18.9. The lowest BCUT2D eigenvalue weighted by atomic mass is 10.0. The van der Waals surface area contributed by atoms with Crippen molar-refractivity contribution < 1.29 is 24.2 Å². The highest BCUT2D eigenvalue weighted by atomic mass is 16.6. The molecule has 3 aromatic rings. The Labute approximate surface area is 194 Å². The Morgan fingerprint density at radius 2 is 1.55 bits per heavy atom. The smallest absolute Gasteiger partial charge is 0.333 e. The van der Waals surface area contributed by atoms with Gasteiger partial charge in [-0.2, -0.15) is 0 Å². The number of nitrogens with zero attached hydrogens (tertiary/aromatic N) is 1. The Hall–Kier alpha value is -3.64. The molecule has 3 rings (SSSR count). The molecular weight excluding hydrogens is 418 g/mol. The second-order valence-corrected chi connectivity index (χ2v) is 7.32. The lowest BCUT2D eigenvalue weighted by Crippen LogP contribution is -2.26. The fourth-order valence-electron chi connectivity index (χ4n) is 3.30. The molecule has 0 saturated carbocycles. The summed E-state index contributed by atoms with van der Waals surface area (Å²) in [7, 11) is 0. The quantitative estimate of drug-likeness (QED) is 0.305. The second-order valence-electron chi connectivity index (χ2n) is 7.32. The first-order valence-corrected chi connectivity index (χ1v) is 11.0. The number of carboxylic acid groups (broad SMARTS) is 1. The molecule has 0 aliphatic heterocycles. The Morgan fingerprint density at radius 1 is 0.879 bits per heavy atom. The average Bonchev–Trinajstić information content (AvgIpc) is 2.85. The molecule has 1 atom stereocenters. The van der Waals surface area contributed by atoms with Gasteiger partial charge in [0.15, 0.2) is 6.10 Å². The predicted molar refractivity (Wildman–Crippen MR) is 129 cm³/mol. The van der Waals surface area contributed by atoms with Gasteiger partial charge in [0.2, 0.25) is 0 Å². The summed E-state index contributed by atoms with van der Waals surface area (Å²) >= 11 is 0. The fraction of sp³-hybridized carbons (Fsp3) is 0.259. The van der Waals surface area contributed by atoms with Crippen molar-refractivity contribution in [2.24, 2.45) is 5.16 Å². The zero-order valence-corrected chi connectivity index (χ0v) is 18.9. The van der Waals surface area contributed by atoms with Crippen molar-refractivity contribution in [3.8, 4) is 16.9 Å². The van der Waals surface area contributed by atoms with Crippen LogP contribution in [0.5, 0.6) is 5.75 Å². The van der Waals surface area contributed by atoms with E-state index in [-0.39, 0.29) is 6.61 Å². The van der Waals surface area contributed by atoms with Crippen LogP contribution in [0.1, 0.15) is 25.0 Å². The maximum Gasteiger partial charge on any atom is 0.333 e. The number of hydrogen-bond donors (Lipinski definition) is 1. The number of aliphatic carboxylic acids is 1. The second kappa shape index (κ2) is 12.4. The molecule has 1 unspecified atom stereocenters. The van der Waals surface area contributed by atoms with Crippen molar-refractivity contribution in [1.29, 1.82) is 0 Å². The summed E-state index contributed by atoms with van der Waals surface area (Å²) in [4.78, 5) is 16.6. The minimum atomic E-state index is -0.966. The van der Waals surface area contributed by atoms with Crippen LogP contribution in [0.2, 0.25) is 0 Å². The molecule has 0 radical (unpaired) electrons. The van der Waals surface area contributed by atoms with E-state index in [0.717, 1.165) is 22.3 Å². The number of ether oxygens (including phenoxy) is 2. The van der Waals surface area contributed by atoms with Gasteiger partial charge >= 0.3 is 5.97 Å². The fourth-order valence-corrected chi connectivity index (χ4v) is 3.30. The predicted octanol–water partition coefficient (Wildman–Crippen LogP) is 5.21. The molecule has 1 N–H and O–H groups in total. The van der Waals surface area contributed by atoms with Crippen LogP contribution in [-0.4, -0.2) is 42.7 Å². The normalized spacial score (nSPS) is 12.2. The third-order valence-corrected chi connectivity index (χ3v) is 4.99. The van der Waals surface area contributed by atoms with Crippen molar-refractivity contribution in [2.45, 2.75) is 26.4 Å². The minimum absolute atomic E-state index is 0.237. The van der Waals surface area contributed by atoms with Gasteiger partial charge in [-0.25, -0.2) is 4.79 Å². The Balaban J connectivity index is 1.66. The van der Waals surface area contributed by atoms with Crippen molar-refractivity contribution >= 4 is 11.7 Å². The maximum atomic E-state index is 11.3. The first-order chi connectivity index (χ1) is 16.1. The number of carbonyl (C=O) groups is 1. The molecule has 172 valence electrons. The monoisotopic (exact) mass is 447 g/mol. The van der Waals surface area contributed by atoms with E-state index in [4.69, 9.17) is 14.3 Å². The molecule has 0 bridgehead atoms. The SMILES string of the molecule is CCO/N=C(\COc1ccc(CC(OCC)C(=O)O)cc1)c1ccc(-c2ccccc2)cc1. The van der Waals surface area contributed by atoms with Gasteiger partial charge in [-0.3, -0.25) is 0 Å². The molecule has 0 saturated heterocycles. The van der Waals surface area contributed by atoms with Crippen molar-refractivity contribution in [2.75, 3.05) is 19.8 Å². The molecule has 0 aliphatic carbocycles. The summed E-state index contributed by atoms with van der Waals surface area (Å²) in [6.45, 7) is 4.72.